The monoisotopic (exact) mass is 194 g/mol. The zero-order valence-electron chi connectivity index (χ0n) is 8.24. The second-order valence-corrected chi connectivity index (χ2v) is 3.02. The van der Waals surface area contributed by atoms with E-state index in [1.807, 2.05) is 0 Å². The number of para-hydroxylation sites is 2. The number of likely N-dealkylation sites (N-methyl/N-ethyl adjacent to an activating group) is 1. The van der Waals surface area contributed by atoms with Crippen molar-refractivity contribution in [2.75, 3.05) is 12.4 Å². The summed E-state index contributed by atoms with van der Waals surface area (Å²) in [5, 5.41) is 14.8. The van der Waals surface area contributed by atoms with Gasteiger partial charge in [-0.05, 0) is 26.1 Å². The molecule has 1 aromatic rings. The van der Waals surface area contributed by atoms with Crippen molar-refractivity contribution >= 4 is 11.6 Å². The second-order valence-electron chi connectivity index (χ2n) is 3.02. The number of amides is 1. The molecule has 0 aliphatic heterocycles. The lowest BCUT2D eigenvalue weighted by Gasteiger charge is -2.11. The Balaban J connectivity index is 2.70. The van der Waals surface area contributed by atoms with Crippen molar-refractivity contribution in [2.45, 2.75) is 13.0 Å². The molecule has 0 saturated heterocycles. The highest BCUT2D eigenvalue weighted by molar-refractivity contribution is 5.95. The summed E-state index contributed by atoms with van der Waals surface area (Å²) in [5.74, 6) is -0.0989. The third kappa shape index (κ3) is 2.47. The van der Waals surface area contributed by atoms with Crippen molar-refractivity contribution in [3.05, 3.63) is 24.3 Å². The number of carbonyl (C=O) groups is 1. The van der Waals surface area contributed by atoms with E-state index in [1.54, 1.807) is 32.2 Å². The topological polar surface area (TPSA) is 61.4 Å². The molecule has 0 bridgehead atoms. The highest BCUT2D eigenvalue weighted by atomic mass is 16.3. The van der Waals surface area contributed by atoms with Gasteiger partial charge >= 0.3 is 0 Å². The summed E-state index contributed by atoms with van der Waals surface area (Å²) in [6.45, 7) is 1.75. The number of phenols is 1. The minimum absolute atomic E-state index is 0.0733. The van der Waals surface area contributed by atoms with E-state index in [9.17, 15) is 9.90 Å². The van der Waals surface area contributed by atoms with Gasteiger partial charge in [-0.15, -0.1) is 0 Å². The quantitative estimate of drug-likeness (QED) is 0.627. The van der Waals surface area contributed by atoms with Gasteiger partial charge in [-0.2, -0.15) is 0 Å². The maximum atomic E-state index is 11.4. The van der Waals surface area contributed by atoms with Gasteiger partial charge in [-0.3, -0.25) is 4.79 Å². The van der Waals surface area contributed by atoms with Crippen LogP contribution in [-0.4, -0.2) is 24.1 Å². The first-order valence-corrected chi connectivity index (χ1v) is 4.41. The molecule has 1 aromatic carbocycles. The predicted octanol–water partition coefficient (Wildman–Crippen LogP) is 0.939. The summed E-state index contributed by atoms with van der Waals surface area (Å²) in [7, 11) is 1.70. The van der Waals surface area contributed by atoms with Gasteiger partial charge in [-0.1, -0.05) is 12.1 Å². The Morgan fingerprint density at radius 2 is 2.07 bits per heavy atom. The van der Waals surface area contributed by atoms with Crippen LogP contribution in [0.2, 0.25) is 0 Å². The van der Waals surface area contributed by atoms with Crippen molar-refractivity contribution < 1.29 is 9.90 Å². The lowest BCUT2D eigenvalue weighted by molar-refractivity contribution is -0.117. The molecule has 1 rings (SSSR count). The molecular formula is C10H14N2O2. The Morgan fingerprint density at radius 3 is 2.64 bits per heavy atom. The summed E-state index contributed by atoms with van der Waals surface area (Å²) in [6.07, 6.45) is 0. The SMILES string of the molecule is CNC(C)C(=O)Nc1ccccc1O. The second kappa shape index (κ2) is 4.62. The van der Waals surface area contributed by atoms with Crippen LogP contribution in [0.4, 0.5) is 5.69 Å². The molecule has 1 amide bonds. The number of nitrogens with one attached hydrogen (secondary N) is 2. The molecule has 0 aliphatic carbocycles. The predicted molar refractivity (Wildman–Crippen MR) is 55.3 cm³/mol. The van der Waals surface area contributed by atoms with Gasteiger partial charge in [0.15, 0.2) is 0 Å². The van der Waals surface area contributed by atoms with E-state index in [1.165, 1.54) is 6.07 Å². The fraction of sp³-hybridized carbons (Fsp3) is 0.300. The molecule has 0 heterocycles. The number of benzene rings is 1. The van der Waals surface area contributed by atoms with Gasteiger partial charge in [0.2, 0.25) is 5.91 Å². The van der Waals surface area contributed by atoms with Crippen molar-refractivity contribution in [2.24, 2.45) is 0 Å². The van der Waals surface area contributed by atoms with Crippen molar-refractivity contribution in [1.29, 1.82) is 0 Å². The molecular weight excluding hydrogens is 180 g/mol. The number of carbonyl (C=O) groups excluding carboxylic acids is 1. The van der Waals surface area contributed by atoms with Crippen LogP contribution in [0.1, 0.15) is 6.92 Å². The zero-order chi connectivity index (χ0) is 10.6. The van der Waals surface area contributed by atoms with Crippen LogP contribution in [-0.2, 0) is 4.79 Å². The fourth-order valence-electron chi connectivity index (χ4n) is 0.951. The highest BCUT2D eigenvalue weighted by Crippen LogP contribution is 2.21. The largest absolute Gasteiger partial charge is 0.506 e. The van der Waals surface area contributed by atoms with Gasteiger partial charge in [0.25, 0.3) is 0 Å². The van der Waals surface area contributed by atoms with Crippen LogP contribution in [0.25, 0.3) is 0 Å². The zero-order valence-corrected chi connectivity index (χ0v) is 8.24. The highest BCUT2D eigenvalue weighted by Gasteiger charge is 2.11. The maximum absolute atomic E-state index is 11.4. The molecule has 0 radical (unpaired) electrons. The Hall–Kier alpha value is -1.55. The third-order valence-corrected chi connectivity index (χ3v) is 1.99. The lowest BCUT2D eigenvalue weighted by Crippen LogP contribution is -2.35. The average Bonchev–Trinajstić information content (AvgIpc) is 2.20. The van der Waals surface area contributed by atoms with E-state index in [4.69, 9.17) is 0 Å². The van der Waals surface area contributed by atoms with Crippen LogP contribution in [0.3, 0.4) is 0 Å². The molecule has 0 fully saturated rings. The summed E-state index contributed by atoms with van der Waals surface area (Å²) in [5.41, 5.74) is 0.430. The van der Waals surface area contributed by atoms with E-state index >= 15 is 0 Å². The number of hydrogen-bond donors (Lipinski definition) is 3. The molecule has 0 aliphatic rings. The summed E-state index contributed by atoms with van der Waals surface area (Å²) >= 11 is 0. The van der Waals surface area contributed by atoms with Gasteiger partial charge < -0.3 is 15.7 Å². The smallest absolute Gasteiger partial charge is 0.241 e. The van der Waals surface area contributed by atoms with Gasteiger partial charge in [0.1, 0.15) is 5.75 Å². The molecule has 0 spiro atoms. The Morgan fingerprint density at radius 1 is 1.43 bits per heavy atom. The van der Waals surface area contributed by atoms with E-state index < -0.39 is 0 Å². The van der Waals surface area contributed by atoms with Crippen LogP contribution < -0.4 is 10.6 Å². The molecule has 0 saturated carbocycles. The maximum Gasteiger partial charge on any atom is 0.241 e. The fourth-order valence-corrected chi connectivity index (χ4v) is 0.951. The first-order chi connectivity index (χ1) is 6.65. The number of aromatic hydroxyl groups is 1. The molecule has 0 aromatic heterocycles. The molecule has 1 unspecified atom stereocenters. The van der Waals surface area contributed by atoms with Crippen LogP contribution in [0.5, 0.6) is 5.75 Å². The van der Waals surface area contributed by atoms with Gasteiger partial charge in [0.05, 0.1) is 11.7 Å². The van der Waals surface area contributed by atoms with Crippen LogP contribution >= 0.6 is 0 Å². The van der Waals surface area contributed by atoms with E-state index in [2.05, 4.69) is 10.6 Å². The first-order valence-electron chi connectivity index (χ1n) is 4.41. The lowest BCUT2D eigenvalue weighted by atomic mass is 10.2. The standard InChI is InChI=1S/C10H14N2O2/c1-7(11-2)10(14)12-8-5-3-4-6-9(8)13/h3-7,11,13H,1-2H3,(H,12,14). The van der Waals surface area contributed by atoms with Crippen molar-refractivity contribution in [3.63, 3.8) is 0 Å². The summed E-state index contributed by atoms with van der Waals surface area (Å²) in [6, 6.07) is 6.34. The Kier molecular flexibility index (Phi) is 3.48. The minimum atomic E-state index is -0.283. The Labute approximate surface area is 82.9 Å². The molecule has 14 heavy (non-hydrogen) atoms. The van der Waals surface area contributed by atoms with Crippen LogP contribution in [0.15, 0.2) is 24.3 Å². The summed E-state index contributed by atoms with van der Waals surface area (Å²) in [4.78, 5) is 11.4. The Bertz CT molecular complexity index is 326. The van der Waals surface area contributed by atoms with Gasteiger partial charge in [-0.25, -0.2) is 0 Å². The molecule has 1 atom stereocenters. The third-order valence-electron chi connectivity index (χ3n) is 1.99. The number of anilines is 1. The molecule has 3 N–H and O–H groups in total. The minimum Gasteiger partial charge on any atom is -0.506 e. The molecule has 4 heteroatoms. The van der Waals surface area contributed by atoms with Crippen molar-refractivity contribution in [3.8, 4) is 5.75 Å². The molecule has 4 nitrogen and oxygen atoms in total. The summed E-state index contributed by atoms with van der Waals surface area (Å²) < 4.78 is 0. The average molecular weight is 194 g/mol. The first kappa shape index (κ1) is 10.5. The van der Waals surface area contributed by atoms with Crippen molar-refractivity contribution in [1.82, 2.24) is 5.32 Å². The van der Waals surface area contributed by atoms with Gasteiger partial charge in [0, 0.05) is 0 Å². The number of rotatable bonds is 3. The molecule has 76 valence electrons. The van der Waals surface area contributed by atoms with Crippen LogP contribution in [0, 0.1) is 0 Å². The van der Waals surface area contributed by atoms with E-state index in [-0.39, 0.29) is 17.7 Å². The number of hydrogen-bond acceptors (Lipinski definition) is 3. The van der Waals surface area contributed by atoms with E-state index in [0.29, 0.717) is 5.69 Å². The van der Waals surface area contributed by atoms with E-state index in [0.717, 1.165) is 0 Å². The number of phenolic OH excluding ortho intramolecular Hbond substituents is 1. The normalized spacial score (nSPS) is 12.1.